The molecule has 7 nitrogen and oxygen atoms in total. The molecule has 0 spiro atoms. The molecule has 1 amide bonds. The number of nitrogens with one attached hydrogen (secondary N) is 1. The number of ether oxygens (including phenoxy) is 1. The molecule has 33 heavy (non-hydrogen) atoms. The van der Waals surface area contributed by atoms with Gasteiger partial charge in [-0.1, -0.05) is 18.2 Å². The lowest BCUT2D eigenvalue weighted by atomic mass is 10.1. The highest BCUT2D eigenvalue weighted by Gasteiger charge is 2.13. The summed E-state index contributed by atoms with van der Waals surface area (Å²) in [5.41, 5.74) is 7.91. The van der Waals surface area contributed by atoms with E-state index in [-0.39, 0.29) is 12.4 Å². The lowest BCUT2D eigenvalue weighted by Gasteiger charge is -2.06. The summed E-state index contributed by atoms with van der Waals surface area (Å²) in [6, 6.07) is 17.4. The minimum atomic E-state index is -0.409. The molecule has 4 aromatic rings. The lowest BCUT2D eigenvalue weighted by molar-refractivity contribution is 0.0923. The van der Waals surface area contributed by atoms with E-state index in [2.05, 4.69) is 27.6 Å². The fourth-order valence-electron chi connectivity index (χ4n) is 3.91. The molecule has 0 fully saturated rings. The Kier molecular flexibility index (Phi) is 5.76. The van der Waals surface area contributed by atoms with Crippen LogP contribution in [0, 0.1) is 0 Å². The summed E-state index contributed by atoms with van der Waals surface area (Å²) in [7, 11) is 0. The van der Waals surface area contributed by atoms with Crippen LogP contribution in [0.2, 0.25) is 0 Å². The van der Waals surface area contributed by atoms with E-state index in [1.165, 1.54) is 17.5 Å². The van der Waals surface area contributed by atoms with Crippen molar-refractivity contribution < 1.29 is 13.9 Å². The topological polar surface area (TPSA) is 81.6 Å². The van der Waals surface area contributed by atoms with Crippen LogP contribution >= 0.6 is 0 Å². The number of aryl methyl sites for hydroxylation is 2. The second-order valence-electron chi connectivity index (χ2n) is 7.99. The van der Waals surface area contributed by atoms with Gasteiger partial charge in [0.1, 0.15) is 18.1 Å². The summed E-state index contributed by atoms with van der Waals surface area (Å²) >= 11 is 0. The minimum Gasteiger partial charge on any atom is -0.486 e. The zero-order valence-corrected chi connectivity index (χ0v) is 18.3. The van der Waals surface area contributed by atoms with Crippen molar-refractivity contribution in [2.75, 3.05) is 0 Å². The van der Waals surface area contributed by atoms with Crippen LogP contribution in [0.15, 0.2) is 82.8 Å². The highest BCUT2D eigenvalue weighted by molar-refractivity contribution is 6.00. The Bertz CT molecular complexity index is 1290. The fourth-order valence-corrected chi connectivity index (χ4v) is 3.91. The third-order valence-electron chi connectivity index (χ3n) is 5.75. The summed E-state index contributed by atoms with van der Waals surface area (Å²) < 4.78 is 13.4. The maximum absolute atomic E-state index is 12.4. The van der Waals surface area contributed by atoms with Crippen molar-refractivity contribution in [3.8, 4) is 11.4 Å². The van der Waals surface area contributed by atoms with Crippen molar-refractivity contribution in [2.24, 2.45) is 5.10 Å². The smallest absolute Gasteiger partial charge is 0.307 e. The fraction of sp³-hybridized carbons (Fsp3) is 0.192. The Morgan fingerprint density at radius 1 is 1.12 bits per heavy atom. The van der Waals surface area contributed by atoms with Crippen LogP contribution < -0.4 is 10.2 Å². The van der Waals surface area contributed by atoms with Gasteiger partial charge in [-0.3, -0.25) is 4.79 Å². The number of rotatable bonds is 7. The number of fused-ring (bicyclic) bond motifs is 1. The zero-order valence-electron chi connectivity index (χ0n) is 18.3. The standard InChI is InChI=1S/C26H24N4O3/c1-18(19-5-8-22(9-6-19)30-14-13-27-17-30)28-29-26(31)25-12-11-24(33-25)16-32-23-10-7-20-3-2-4-21(20)15-23/h5-15,17H,2-4,16H2,1H3,(H,29,31)/b28-18+. The third kappa shape index (κ3) is 4.72. The van der Waals surface area contributed by atoms with Crippen molar-refractivity contribution in [1.29, 1.82) is 0 Å². The van der Waals surface area contributed by atoms with Gasteiger partial charge >= 0.3 is 5.91 Å². The summed E-state index contributed by atoms with van der Waals surface area (Å²) in [5, 5.41) is 4.21. The molecule has 0 unspecified atom stereocenters. The van der Waals surface area contributed by atoms with Gasteiger partial charge in [-0.25, -0.2) is 10.4 Å². The average Bonchev–Trinajstić information content (AvgIpc) is 3.62. The molecule has 1 aliphatic carbocycles. The van der Waals surface area contributed by atoms with E-state index in [0.717, 1.165) is 29.8 Å². The predicted molar refractivity (Wildman–Crippen MR) is 125 cm³/mol. The molecule has 0 saturated heterocycles. The quantitative estimate of drug-likeness (QED) is 0.334. The zero-order chi connectivity index (χ0) is 22.6. The number of amides is 1. The van der Waals surface area contributed by atoms with Crippen molar-refractivity contribution >= 4 is 11.6 Å². The molecule has 5 rings (SSSR count). The molecule has 2 aromatic heterocycles. The number of carbonyl (C=O) groups is 1. The van der Waals surface area contributed by atoms with E-state index in [0.29, 0.717) is 11.5 Å². The van der Waals surface area contributed by atoms with Crippen molar-refractivity contribution in [2.45, 2.75) is 32.8 Å². The van der Waals surface area contributed by atoms with Crippen molar-refractivity contribution in [3.63, 3.8) is 0 Å². The Balaban J connectivity index is 1.17. The van der Waals surface area contributed by atoms with E-state index in [1.807, 2.05) is 48.0 Å². The maximum atomic E-state index is 12.4. The summed E-state index contributed by atoms with van der Waals surface area (Å²) in [6.07, 6.45) is 8.80. The largest absolute Gasteiger partial charge is 0.486 e. The molecule has 1 aliphatic rings. The molecule has 0 saturated carbocycles. The van der Waals surface area contributed by atoms with Crippen molar-refractivity contribution in [3.05, 3.63) is 102 Å². The van der Waals surface area contributed by atoms with Crippen LogP contribution in [0.3, 0.4) is 0 Å². The molecule has 0 aliphatic heterocycles. The number of hydrazone groups is 1. The first-order valence-corrected chi connectivity index (χ1v) is 10.9. The average molecular weight is 441 g/mol. The summed E-state index contributed by atoms with van der Waals surface area (Å²) in [4.78, 5) is 16.5. The van der Waals surface area contributed by atoms with Gasteiger partial charge in [-0.2, -0.15) is 5.10 Å². The van der Waals surface area contributed by atoms with Crippen LogP contribution in [0.25, 0.3) is 5.69 Å². The number of carbonyl (C=O) groups excluding carboxylic acids is 1. The van der Waals surface area contributed by atoms with Gasteiger partial charge in [0.25, 0.3) is 0 Å². The molecule has 2 heterocycles. The first-order valence-electron chi connectivity index (χ1n) is 10.9. The van der Waals surface area contributed by atoms with E-state index < -0.39 is 5.91 Å². The SMILES string of the molecule is C/C(=N\NC(=O)c1ccc(COc2ccc3c(c2)CCC3)o1)c1ccc(-n2ccnc2)cc1. The molecule has 7 heteroatoms. The Labute approximate surface area is 191 Å². The number of furan rings is 1. The van der Waals surface area contributed by atoms with Crippen LogP contribution in [0.4, 0.5) is 0 Å². The summed E-state index contributed by atoms with van der Waals surface area (Å²) in [6.45, 7) is 2.10. The van der Waals surface area contributed by atoms with Crippen LogP contribution in [0.1, 0.15) is 46.3 Å². The Morgan fingerprint density at radius 3 is 2.79 bits per heavy atom. The van der Waals surface area contributed by atoms with Crippen LogP contribution in [0.5, 0.6) is 5.75 Å². The third-order valence-corrected chi connectivity index (χ3v) is 5.75. The molecule has 0 atom stereocenters. The number of imidazole rings is 1. The van der Waals surface area contributed by atoms with Gasteiger partial charge in [0, 0.05) is 18.1 Å². The van der Waals surface area contributed by atoms with Gasteiger partial charge in [-0.15, -0.1) is 0 Å². The lowest BCUT2D eigenvalue weighted by Crippen LogP contribution is -2.18. The highest BCUT2D eigenvalue weighted by atomic mass is 16.5. The molecular weight excluding hydrogens is 416 g/mol. The molecule has 2 aromatic carbocycles. The normalized spacial score (nSPS) is 13.1. The molecule has 0 bridgehead atoms. The highest BCUT2D eigenvalue weighted by Crippen LogP contribution is 2.26. The van der Waals surface area contributed by atoms with Gasteiger partial charge in [-0.05, 0) is 79.3 Å². The maximum Gasteiger partial charge on any atom is 0.307 e. The molecule has 1 N–H and O–H groups in total. The number of benzene rings is 2. The number of hydrogen-bond acceptors (Lipinski definition) is 5. The van der Waals surface area contributed by atoms with Gasteiger partial charge in [0.2, 0.25) is 0 Å². The monoisotopic (exact) mass is 440 g/mol. The van der Waals surface area contributed by atoms with Crippen molar-refractivity contribution in [1.82, 2.24) is 15.0 Å². The molecular formula is C26H24N4O3. The van der Waals surface area contributed by atoms with Gasteiger partial charge in [0.05, 0.1) is 12.0 Å². The molecule has 166 valence electrons. The Morgan fingerprint density at radius 2 is 1.97 bits per heavy atom. The summed E-state index contributed by atoms with van der Waals surface area (Å²) in [5.74, 6) is 1.18. The predicted octanol–water partition coefficient (Wildman–Crippen LogP) is 4.69. The number of nitrogens with zero attached hydrogens (tertiary/aromatic N) is 3. The first kappa shape index (κ1) is 20.8. The second kappa shape index (κ2) is 9.16. The number of aromatic nitrogens is 2. The van der Waals surface area contributed by atoms with Crippen LogP contribution in [-0.4, -0.2) is 21.2 Å². The second-order valence-corrected chi connectivity index (χ2v) is 7.99. The van der Waals surface area contributed by atoms with Gasteiger partial charge in [0.15, 0.2) is 5.76 Å². The van der Waals surface area contributed by atoms with E-state index in [1.54, 1.807) is 24.7 Å². The van der Waals surface area contributed by atoms with Crippen LogP contribution in [-0.2, 0) is 19.4 Å². The first-order chi connectivity index (χ1) is 16.2. The van der Waals surface area contributed by atoms with E-state index in [4.69, 9.17) is 9.15 Å². The minimum absolute atomic E-state index is 0.189. The Hall–Kier alpha value is -4.13. The van der Waals surface area contributed by atoms with Gasteiger partial charge < -0.3 is 13.7 Å². The molecule has 0 radical (unpaired) electrons. The van der Waals surface area contributed by atoms with E-state index in [9.17, 15) is 4.79 Å². The number of hydrogen-bond donors (Lipinski definition) is 1. The van der Waals surface area contributed by atoms with E-state index >= 15 is 0 Å².